The Kier molecular flexibility index (Phi) is 8.54. The Labute approximate surface area is 120 Å². The van der Waals surface area contributed by atoms with E-state index >= 15 is 0 Å². The normalized spacial score (nSPS) is 13.7. The lowest BCUT2D eigenvalue weighted by atomic mass is 10.0. The van der Waals surface area contributed by atoms with Crippen molar-refractivity contribution in [3.63, 3.8) is 0 Å². The van der Waals surface area contributed by atoms with E-state index in [0.717, 1.165) is 0 Å². The summed E-state index contributed by atoms with van der Waals surface area (Å²) in [7, 11) is 0. The molecule has 2 unspecified atom stereocenters. The molecule has 116 valence electrons. The van der Waals surface area contributed by atoms with Gasteiger partial charge in [0.2, 0.25) is 5.91 Å². The van der Waals surface area contributed by atoms with Crippen LogP contribution in [0.25, 0.3) is 0 Å². The summed E-state index contributed by atoms with van der Waals surface area (Å²) in [5, 5.41) is 2.69. The summed E-state index contributed by atoms with van der Waals surface area (Å²) in [5.41, 5.74) is 16.2. The summed E-state index contributed by atoms with van der Waals surface area (Å²) in [4.78, 5) is 27.2. The Balaban J connectivity index is 4.30. The van der Waals surface area contributed by atoms with Gasteiger partial charge in [0.15, 0.2) is 11.7 Å². The fourth-order valence-electron chi connectivity index (χ4n) is 1.77. The van der Waals surface area contributed by atoms with Crippen LogP contribution in [-0.2, 0) is 9.59 Å². The van der Waals surface area contributed by atoms with Crippen molar-refractivity contribution in [2.45, 2.75) is 52.1 Å². The van der Waals surface area contributed by atoms with Crippen molar-refractivity contribution in [1.82, 2.24) is 5.32 Å². The number of guanidine groups is 1. The van der Waals surface area contributed by atoms with E-state index in [9.17, 15) is 9.59 Å². The molecule has 0 bridgehead atoms. The van der Waals surface area contributed by atoms with Gasteiger partial charge in [-0.2, -0.15) is 0 Å². The van der Waals surface area contributed by atoms with E-state index in [1.54, 1.807) is 0 Å². The van der Waals surface area contributed by atoms with E-state index in [-0.39, 0.29) is 17.6 Å². The zero-order valence-corrected chi connectivity index (χ0v) is 12.6. The van der Waals surface area contributed by atoms with Gasteiger partial charge in [-0.25, -0.2) is 0 Å². The summed E-state index contributed by atoms with van der Waals surface area (Å²) in [5.74, 6) is -0.0405. The molecule has 7 heteroatoms. The van der Waals surface area contributed by atoms with E-state index in [0.29, 0.717) is 31.7 Å². The number of carbonyl (C=O) groups excluding carboxylic acids is 2. The number of amides is 1. The lowest BCUT2D eigenvalue weighted by Crippen LogP contribution is -2.48. The van der Waals surface area contributed by atoms with Crippen LogP contribution in [0.15, 0.2) is 4.99 Å². The van der Waals surface area contributed by atoms with Crippen LogP contribution in [0.5, 0.6) is 0 Å². The van der Waals surface area contributed by atoms with Gasteiger partial charge in [-0.1, -0.05) is 13.8 Å². The minimum Gasteiger partial charge on any atom is -0.370 e. The highest BCUT2D eigenvalue weighted by Gasteiger charge is 2.21. The molecule has 0 aliphatic rings. The summed E-state index contributed by atoms with van der Waals surface area (Å²) < 4.78 is 0. The number of nitrogens with two attached hydrogens (primary N) is 3. The van der Waals surface area contributed by atoms with Crippen molar-refractivity contribution < 1.29 is 9.59 Å². The second kappa shape index (κ2) is 9.30. The Morgan fingerprint density at radius 3 is 2.30 bits per heavy atom. The van der Waals surface area contributed by atoms with Gasteiger partial charge >= 0.3 is 0 Å². The lowest BCUT2D eigenvalue weighted by molar-refractivity contribution is -0.128. The maximum atomic E-state index is 11.9. The topological polar surface area (TPSA) is 137 Å². The Morgan fingerprint density at radius 2 is 1.85 bits per heavy atom. The third kappa shape index (κ3) is 8.47. The fourth-order valence-corrected chi connectivity index (χ4v) is 1.77. The highest BCUT2D eigenvalue weighted by Crippen LogP contribution is 2.05. The number of aliphatic imine (C=N–C) groups is 1. The van der Waals surface area contributed by atoms with Crippen LogP contribution >= 0.6 is 0 Å². The van der Waals surface area contributed by atoms with Gasteiger partial charge in [0.1, 0.15) is 0 Å². The molecule has 0 spiro atoms. The van der Waals surface area contributed by atoms with Gasteiger partial charge in [-0.15, -0.1) is 0 Å². The monoisotopic (exact) mass is 285 g/mol. The van der Waals surface area contributed by atoms with Crippen LogP contribution in [0.3, 0.4) is 0 Å². The number of Topliss-reactive ketones (excluding diaryl/α,β-unsaturated/α-hetero) is 1. The molecule has 0 rings (SSSR count). The quantitative estimate of drug-likeness (QED) is 0.257. The fraction of sp³-hybridized carbons (Fsp3) is 0.769. The highest BCUT2D eigenvalue weighted by atomic mass is 16.2. The van der Waals surface area contributed by atoms with Crippen LogP contribution < -0.4 is 22.5 Å². The van der Waals surface area contributed by atoms with Crippen molar-refractivity contribution >= 4 is 17.6 Å². The molecule has 0 aromatic heterocycles. The predicted molar refractivity (Wildman–Crippen MR) is 80.0 cm³/mol. The smallest absolute Gasteiger partial charge is 0.237 e. The SMILES string of the molecule is CC(=O)C(CCCN=C(N)N)NC(=O)C(N)CC(C)C. The zero-order valence-electron chi connectivity index (χ0n) is 12.6. The first-order chi connectivity index (χ1) is 9.23. The molecule has 0 aliphatic heterocycles. The molecular weight excluding hydrogens is 258 g/mol. The third-order valence-corrected chi connectivity index (χ3v) is 2.81. The number of nitrogens with zero attached hydrogens (tertiary/aromatic N) is 1. The van der Waals surface area contributed by atoms with Crippen LogP contribution in [0, 0.1) is 5.92 Å². The van der Waals surface area contributed by atoms with Gasteiger partial charge in [0.05, 0.1) is 12.1 Å². The minimum absolute atomic E-state index is 0.0207. The van der Waals surface area contributed by atoms with E-state index in [4.69, 9.17) is 17.2 Å². The number of hydrogen-bond acceptors (Lipinski definition) is 4. The van der Waals surface area contributed by atoms with Crippen molar-refractivity contribution in [3.8, 4) is 0 Å². The molecule has 1 amide bonds. The van der Waals surface area contributed by atoms with Crippen molar-refractivity contribution in [2.75, 3.05) is 6.54 Å². The molecule has 0 aromatic carbocycles. The molecule has 0 aromatic rings. The number of rotatable bonds is 9. The van der Waals surface area contributed by atoms with E-state index in [1.165, 1.54) is 6.92 Å². The predicted octanol–water partition coefficient (Wildman–Crippen LogP) is -0.513. The van der Waals surface area contributed by atoms with Gasteiger partial charge in [-0.05, 0) is 32.1 Å². The zero-order chi connectivity index (χ0) is 15.7. The number of ketones is 1. The standard InChI is InChI=1S/C13H27N5O2/c1-8(2)7-10(14)12(20)18-11(9(3)19)5-4-6-17-13(15)16/h8,10-11H,4-7,14H2,1-3H3,(H,18,20)(H4,15,16,17). The van der Waals surface area contributed by atoms with Crippen LogP contribution in [-0.4, -0.2) is 36.3 Å². The molecule has 0 saturated heterocycles. The van der Waals surface area contributed by atoms with Crippen LogP contribution in [0.4, 0.5) is 0 Å². The molecule has 7 nitrogen and oxygen atoms in total. The van der Waals surface area contributed by atoms with Crippen LogP contribution in [0.1, 0.15) is 40.0 Å². The molecule has 0 aliphatic carbocycles. The summed E-state index contributed by atoms with van der Waals surface area (Å²) in [6.45, 7) is 5.86. The van der Waals surface area contributed by atoms with Crippen LogP contribution in [0.2, 0.25) is 0 Å². The Hall–Kier alpha value is -1.63. The van der Waals surface area contributed by atoms with Gasteiger partial charge in [-0.3, -0.25) is 14.6 Å². The molecule has 0 fully saturated rings. The largest absolute Gasteiger partial charge is 0.370 e. The second-order valence-corrected chi connectivity index (χ2v) is 5.36. The molecular formula is C13H27N5O2. The maximum absolute atomic E-state index is 11.9. The van der Waals surface area contributed by atoms with E-state index in [2.05, 4.69) is 10.3 Å². The summed E-state index contributed by atoms with van der Waals surface area (Å²) in [6.07, 6.45) is 1.69. The first-order valence-electron chi connectivity index (χ1n) is 6.85. The number of carbonyl (C=O) groups is 2. The number of hydrogen-bond donors (Lipinski definition) is 4. The van der Waals surface area contributed by atoms with Gasteiger partial charge in [0.25, 0.3) is 0 Å². The average molecular weight is 285 g/mol. The first-order valence-corrected chi connectivity index (χ1v) is 6.85. The third-order valence-electron chi connectivity index (χ3n) is 2.81. The molecule has 20 heavy (non-hydrogen) atoms. The molecule has 2 atom stereocenters. The van der Waals surface area contributed by atoms with Crippen molar-refractivity contribution in [2.24, 2.45) is 28.1 Å². The summed E-state index contributed by atoms with van der Waals surface area (Å²) >= 11 is 0. The van der Waals surface area contributed by atoms with E-state index in [1.807, 2.05) is 13.8 Å². The Morgan fingerprint density at radius 1 is 1.25 bits per heavy atom. The first kappa shape index (κ1) is 18.4. The maximum Gasteiger partial charge on any atom is 0.237 e. The highest BCUT2D eigenvalue weighted by molar-refractivity contribution is 5.89. The van der Waals surface area contributed by atoms with Crippen molar-refractivity contribution in [3.05, 3.63) is 0 Å². The molecule has 0 heterocycles. The van der Waals surface area contributed by atoms with E-state index < -0.39 is 12.1 Å². The lowest BCUT2D eigenvalue weighted by Gasteiger charge is -2.19. The van der Waals surface area contributed by atoms with Gasteiger partial charge < -0.3 is 22.5 Å². The minimum atomic E-state index is -0.588. The Bertz CT molecular complexity index is 351. The van der Waals surface area contributed by atoms with Gasteiger partial charge in [0, 0.05) is 6.54 Å². The number of nitrogens with one attached hydrogen (secondary N) is 1. The second-order valence-electron chi connectivity index (χ2n) is 5.36. The average Bonchev–Trinajstić information content (AvgIpc) is 2.31. The molecule has 7 N–H and O–H groups in total. The van der Waals surface area contributed by atoms with Crippen molar-refractivity contribution in [1.29, 1.82) is 0 Å². The summed E-state index contributed by atoms with van der Waals surface area (Å²) in [6, 6.07) is -1.12. The molecule has 0 radical (unpaired) electrons. The molecule has 0 saturated carbocycles.